The van der Waals surface area contributed by atoms with Crippen LogP contribution in [-0.2, 0) is 26.1 Å². The molecule has 1 aliphatic rings. The van der Waals surface area contributed by atoms with E-state index >= 15 is 0 Å². The number of aromatic nitrogens is 5. The topological polar surface area (TPSA) is 96.1 Å². The number of guanidine groups is 1. The van der Waals surface area contributed by atoms with Gasteiger partial charge >= 0.3 is 5.69 Å². The van der Waals surface area contributed by atoms with Gasteiger partial charge in [-0.05, 0) is 24.8 Å². The monoisotopic (exact) mass is 422 g/mol. The Kier molecular flexibility index (Phi) is 6.49. The summed E-state index contributed by atoms with van der Waals surface area (Å²) in [7, 11) is 3.75. The first kappa shape index (κ1) is 20.9. The molecule has 0 spiro atoms. The van der Waals surface area contributed by atoms with Crippen molar-refractivity contribution in [2.24, 2.45) is 4.99 Å². The van der Waals surface area contributed by atoms with Crippen molar-refractivity contribution in [3.63, 3.8) is 0 Å². The molecule has 0 amide bonds. The number of hydrogen-bond donors (Lipinski definition) is 2. The molecule has 0 fully saturated rings. The molecule has 9 nitrogen and oxygen atoms in total. The number of imidazole rings is 1. The lowest BCUT2D eigenvalue weighted by Gasteiger charge is -2.21. The number of aliphatic imine (C=N–C) groups is 1. The number of rotatable bonds is 7. The summed E-state index contributed by atoms with van der Waals surface area (Å²) in [5, 5.41) is 7.86. The van der Waals surface area contributed by atoms with Gasteiger partial charge < -0.3 is 15.2 Å². The second kappa shape index (κ2) is 9.63. The van der Waals surface area contributed by atoms with Crippen LogP contribution in [0.1, 0.15) is 30.9 Å². The minimum absolute atomic E-state index is 0.0169. The maximum absolute atomic E-state index is 12.4. The first-order chi connectivity index (χ1) is 15.2. The van der Waals surface area contributed by atoms with Gasteiger partial charge in [-0.25, -0.2) is 14.5 Å². The number of nitrogens with one attached hydrogen (secondary N) is 2. The summed E-state index contributed by atoms with van der Waals surface area (Å²) in [6.45, 7) is 2.71. The molecule has 4 rings (SSSR count). The molecule has 0 saturated heterocycles. The molecule has 0 saturated carbocycles. The van der Waals surface area contributed by atoms with Crippen LogP contribution in [-0.4, -0.2) is 55.8 Å². The van der Waals surface area contributed by atoms with Crippen LogP contribution in [0.15, 0.2) is 46.3 Å². The number of H-pyrrole nitrogens is 1. The predicted octanol–water partition coefficient (Wildman–Crippen LogP) is 1.87. The quantitative estimate of drug-likeness (QED) is 0.344. The zero-order chi connectivity index (χ0) is 21.6. The maximum Gasteiger partial charge on any atom is 0.345 e. The summed E-state index contributed by atoms with van der Waals surface area (Å²) in [6.07, 6.45) is 5.73. The highest BCUT2D eigenvalue weighted by atomic mass is 16.2. The third-order valence-electron chi connectivity index (χ3n) is 5.53. The van der Waals surface area contributed by atoms with Crippen molar-refractivity contribution in [3.05, 3.63) is 58.7 Å². The van der Waals surface area contributed by atoms with Crippen LogP contribution in [0.4, 0.5) is 0 Å². The van der Waals surface area contributed by atoms with Gasteiger partial charge in [0.1, 0.15) is 11.6 Å². The highest BCUT2D eigenvalue weighted by Crippen LogP contribution is 2.16. The van der Waals surface area contributed by atoms with E-state index in [9.17, 15) is 4.79 Å². The van der Waals surface area contributed by atoms with Crippen LogP contribution >= 0.6 is 0 Å². The van der Waals surface area contributed by atoms with Gasteiger partial charge in [-0.2, -0.15) is 5.10 Å². The van der Waals surface area contributed by atoms with Crippen LogP contribution in [0.5, 0.6) is 0 Å². The van der Waals surface area contributed by atoms with E-state index in [4.69, 9.17) is 0 Å². The van der Waals surface area contributed by atoms with Crippen molar-refractivity contribution in [3.8, 4) is 11.3 Å². The summed E-state index contributed by atoms with van der Waals surface area (Å²) in [4.78, 5) is 26.7. The molecule has 31 heavy (non-hydrogen) atoms. The molecule has 0 bridgehead atoms. The Morgan fingerprint density at radius 3 is 2.90 bits per heavy atom. The Morgan fingerprint density at radius 1 is 1.29 bits per heavy atom. The van der Waals surface area contributed by atoms with Gasteiger partial charge in [0.25, 0.3) is 0 Å². The third kappa shape index (κ3) is 4.87. The van der Waals surface area contributed by atoms with Gasteiger partial charge in [-0.15, -0.1) is 0 Å². The van der Waals surface area contributed by atoms with Crippen molar-refractivity contribution in [2.75, 3.05) is 20.6 Å². The van der Waals surface area contributed by atoms with Gasteiger partial charge in [-0.3, -0.25) is 9.56 Å². The molecule has 1 aliphatic heterocycles. The molecule has 2 aromatic heterocycles. The van der Waals surface area contributed by atoms with Crippen LogP contribution < -0.4 is 11.0 Å². The average Bonchev–Trinajstić information content (AvgIpc) is 3.39. The highest BCUT2D eigenvalue weighted by Gasteiger charge is 2.16. The lowest BCUT2D eigenvalue weighted by molar-refractivity contribution is 0.458. The van der Waals surface area contributed by atoms with Gasteiger partial charge in [0.2, 0.25) is 0 Å². The zero-order valence-electron chi connectivity index (χ0n) is 18.2. The largest absolute Gasteiger partial charge is 0.356 e. The summed E-state index contributed by atoms with van der Waals surface area (Å²) < 4.78 is 3.42. The number of fused-ring (bicyclic) bond motifs is 1. The summed E-state index contributed by atoms with van der Waals surface area (Å²) in [6, 6.07) is 10.1. The van der Waals surface area contributed by atoms with Gasteiger partial charge in [0.15, 0.2) is 5.96 Å². The fourth-order valence-corrected chi connectivity index (χ4v) is 3.91. The molecule has 3 aromatic rings. The van der Waals surface area contributed by atoms with Gasteiger partial charge in [-0.1, -0.05) is 30.3 Å². The van der Waals surface area contributed by atoms with E-state index in [0.717, 1.165) is 61.1 Å². The van der Waals surface area contributed by atoms with Crippen molar-refractivity contribution in [2.45, 2.75) is 45.3 Å². The van der Waals surface area contributed by atoms with Crippen molar-refractivity contribution in [1.82, 2.24) is 34.5 Å². The molecule has 1 aromatic carbocycles. The van der Waals surface area contributed by atoms with Crippen LogP contribution in [0, 0.1) is 0 Å². The van der Waals surface area contributed by atoms with E-state index in [-0.39, 0.29) is 5.69 Å². The molecule has 0 aliphatic carbocycles. The molecule has 0 unspecified atom stereocenters. The molecular weight excluding hydrogens is 392 g/mol. The van der Waals surface area contributed by atoms with E-state index in [1.54, 1.807) is 11.7 Å². The van der Waals surface area contributed by atoms with E-state index < -0.39 is 0 Å². The highest BCUT2D eigenvalue weighted by molar-refractivity contribution is 5.79. The second-order valence-electron chi connectivity index (χ2n) is 7.82. The van der Waals surface area contributed by atoms with Crippen molar-refractivity contribution >= 4 is 5.96 Å². The number of benzene rings is 1. The smallest absolute Gasteiger partial charge is 0.345 e. The molecule has 2 N–H and O–H groups in total. The Bertz CT molecular complexity index is 1080. The van der Waals surface area contributed by atoms with E-state index in [0.29, 0.717) is 19.6 Å². The molecule has 164 valence electrons. The van der Waals surface area contributed by atoms with Crippen molar-refractivity contribution in [1.29, 1.82) is 0 Å². The first-order valence-corrected chi connectivity index (χ1v) is 10.8. The molecule has 0 radical (unpaired) electrons. The lowest BCUT2D eigenvalue weighted by Crippen LogP contribution is -2.39. The standard InChI is InChI=1S/C22H30N8O/c1-23-21(24-12-8-14-30-22(31)29-13-7-6-11-20(29)27-30)28(2)16-19-25-15-18(26-19)17-9-4-3-5-10-17/h3-5,9-10,15H,6-8,11-14,16H2,1-2H3,(H,23,24)(H,25,26). The van der Waals surface area contributed by atoms with Gasteiger partial charge in [0.05, 0.1) is 18.4 Å². The SMILES string of the molecule is CN=C(NCCCn1nc2n(c1=O)CCCC2)N(C)Cc1ncc(-c2ccccc2)[nH]1. The predicted molar refractivity (Wildman–Crippen MR) is 121 cm³/mol. The fraction of sp³-hybridized carbons (Fsp3) is 0.455. The van der Waals surface area contributed by atoms with Crippen molar-refractivity contribution < 1.29 is 0 Å². The average molecular weight is 423 g/mol. The van der Waals surface area contributed by atoms with E-state index in [1.165, 1.54) is 0 Å². The lowest BCUT2D eigenvalue weighted by atomic mass is 10.2. The second-order valence-corrected chi connectivity index (χ2v) is 7.82. The van der Waals surface area contributed by atoms with Crippen LogP contribution in [0.2, 0.25) is 0 Å². The molecule has 9 heteroatoms. The third-order valence-corrected chi connectivity index (χ3v) is 5.53. The Morgan fingerprint density at radius 2 is 2.13 bits per heavy atom. The number of aryl methyl sites for hydroxylation is 2. The normalized spacial score (nSPS) is 13.8. The Balaban J connectivity index is 1.27. The number of nitrogens with zero attached hydrogens (tertiary/aromatic N) is 6. The minimum atomic E-state index is 0.0169. The van der Waals surface area contributed by atoms with Crippen LogP contribution in [0.3, 0.4) is 0 Å². The summed E-state index contributed by atoms with van der Waals surface area (Å²) >= 11 is 0. The maximum atomic E-state index is 12.4. The molecule has 0 atom stereocenters. The summed E-state index contributed by atoms with van der Waals surface area (Å²) in [5.41, 5.74) is 2.13. The van der Waals surface area contributed by atoms with Gasteiger partial charge in [0, 0.05) is 40.2 Å². The molecular formula is C22H30N8O. The summed E-state index contributed by atoms with van der Waals surface area (Å²) in [5.74, 6) is 2.58. The molecule has 3 heterocycles. The Hall–Kier alpha value is -3.36. The Labute approximate surface area is 181 Å². The van der Waals surface area contributed by atoms with E-state index in [1.807, 2.05) is 40.9 Å². The minimum Gasteiger partial charge on any atom is -0.356 e. The van der Waals surface area contributed by atoms with Crippen LogP contribution in [0.25, 0.3) is 11.3 Å². The number of hydrogen-bond acceptors (Lipinski definition) is 4. The fourth-order valence-electron chi connectivity index (χ4n) is 3.91. The zero-order valence-corrected chi connectivity index (χ0v) is 18.2. The van der Waals surface area contributed by atoms with E-state index in [2.05, 4.69) is 37.5 Å². The number of aromatic amines is 1. The first-order valence-electron chi connectivity index (χ1n) is 10.8.